The molecule has 30 heavy (non-hydrogen) atoms. The van der Waals surface area contributed by atoms with Crippen LogP contribution in [0.3, 0.4) is 0 Å². The summed E-state index contributed by atoms with van der Waals surface area (Å²) in [6.45, 7) is 7.01. The number of anilines is 2. The summed E-state index contributed by atoms with van der Waals surface area (Å²) < 4.78 is 0. The van der Waals surface area contributed by atoms with Crippen molar-refractivity contribution in [1.82, 2.24) is 5.32 Å². The maximum Gasteiger partial charge on any atom is 0.241 e. The summed E-state index contributed by atoms with van der Waals surface area (Å²) in [6, 6.07) is 14.5. The second kappa shape index (κ2) is 7.26. The Labute approximate surface area is 176 Å². The molecule has 6 heteroatoms. The molecule has 2 aliphatic rings. The van der Waals surface area contributed by atoms with Gasteiger partial charge in [0.05, 0.1) is 23.1 Å². The highest BCUT2D eigenvalue weighted by Crippen LogP contribution is 2.44. The monoisotopic (exact) mass is 402 g/mol. The summed E-state index contributed by atoms with van der Waals surface area (Å²) >= 11 is 0. The van der Waals surface area contributed by atoms with E-state index >= 15 is 0 Å². The summed E-state index contributed by atoms with van der Waals surface area (Å²) in [6.07, 6.45) is 1.33. The van der Waals surface area contributed by atoms with Crippen molar-refractivity contribution in [2.24, 2.45) is 5.41 Å². The predicted octanol–water partition coefficient (Wildman–Crippen LogP) is 3.34. The van der Waals surface area contributed by atoms with Crippen molar-refractivity contribution in [3.05, 3.63) is 59.2 Å². The third-order valence-electron chi connectivity index (χ3n) is 5.82. The number of benzene rings is 2. The van der Waals surface area contributed by atoms with Gasteiger partial charge >= 0.3 is 0 Å². The Hall–Kier alpha value is -3.17. The lowest BCUT2D eigenvalue weighted by atomic mass is 9.78. The average molecular weight is 402 g/mol. The second-order valence-electron chi connectivity index (χ2n) is 9.47. The van der Waals surface area contributed by atoms with E-state index in [0.717, 1.165) is 17.7 Å². The van der Waals surface area contributed by atoms with Crippen molar-refractivity contribution in [3.8, 4) is 6.07 Å². The predicted molar refractivity (Wildman–Crippen MR) is 116 cm³/mol. The van der Waals surface area contributed by atoms with Crippen LogP contribution in [0.5, 0.6) is 0 Å². The highest BCUT2D eigenvalue weighted by molar-refractivity contribution is 6.08. The Morgan fingerprint density at radius 1 is 1.23 bits per heavy atom. The van der Waals surface area contributed by atoms with Crippen molar-refractivity contribution in [3.63, 3.8) is 0 Å². The molecule has 2 unspecified atom stereocenters. The lowest BCUT2D eigenvalue weighted by Gasteiger charge is -2.23. The van der Waals surface area contributed by atoms with E-state index in [1.807, 2.05) is 6.07 Å². The summed E-state index contributed by atoms with van der Waals surface area (Å²) in [5.41, 5.74) is 3.61. The Morgan fingerprint density at radius 2 is 1.97 bits per heavy atom. The summed E-state index contributed by atoms with van der Waals surface area (Å²) in [4.78, 5) is 25.7. The highest BCUT2D eigenvalue weighted by atomic mass is 16.2. The number of carbonyl (C=O) groups is 2. The molecule has 2 aliphatic heterocycles. The largest absolute Gasteiger partial charge is 0.325 e. The van der Waals surface area contributed by atoms with E-state index in [0.29, 0.717) is 24.2 Å². The molecule has 154 valence electrons. The molecule has 2 atom stereocenters. The van der Waals surface area contributed by atoms with E-state index in [1.165, 1.54) is 5.56 Å². The maximum absolute atomic E-state index is 12.9. The minimum absolute atomic E-state index is 0.0495. The molecule has 4 rings (SSSR count). The molecule has 6 nitrogen and oxygen atoms in total. The van der Waals surface area contributed by atoms with Gasteiger partial charge in [0.2, 0.25) is 11.8 Å². The molecule has 1 saturated heterocycles. The Balaban J connectivity index is 1.54. The first-order valence-corrected chi connectivity index (χ1v) is 10.2. The third kappa shape index (κ3) is 3.69. The van der Waals surface area contributed by atoms with E-state index in [9.17, 15) is 9.59 Å². The molecule has 0 saturated carbocycles. The van der Waals surface area contributed by atoms with Crippen LogP contribution in [0.4, 0.5) is 11.4 Å². The van der Waals surface area contributed by atoms with E-state index in [4.69, 9.17) is 5.26 Å². The van der Waals surface area contributed by atoms with Gasteiger partial charge in [-0.25, -0.2) is 0 Å². The van der Waals surface area contributed by atoms with Crippen molar-refractivity contribution in [2.75, 3.05) is 17.2 Å². The average Bonchev–Trinajstić information content (AvgIpc) is 3.25. The Morgan fingerprint density at radius 3 is 2.63 bits per heavy atom. The molecular formula is C24H26N4O2. The van der Waals surface area contributed by atoms with Gasteiger partial charge in [-0.05, 0) is 59.7 Å². The van der Waals surface area contributed by atoms with Crippen molar-refractivity contribution in [2.45, 2.75) is 45.1 Å². The molecule has 1 spiro atoms. The number of amides is 2. The number of rotatable bonds is 3. The van der Waals surface area contributed by atoms with Gasteiger partial charge in [-0.1, -0.05) is 32.9 Å². The lowest BCUT2D eigenvalue weighted by Crippen LogP contribution is -2.36. The number of nitrogens with one attached hydrogen (secondary N) is 3. The van der Waals surface area contributed by atoms with E-state index in [-0.39, 0.29) is 17.2 Å². The number of nitrogens with zero attached hydrogens (tertiary/aromatic N) is 1. The number of fused-ring (bicyclic) bond motifs is 2. The zero-order valence-corrected chi connectivity index (χ0v) is 17.5. The van der Waals surface area contributed by atoms with Crippen LogP contribution in [0.25, 0.3) is 0 Å². The molecule has 0 bridgehead atoms. The first-order chi connectivity index (χ1) is 14.2. The standard InChI is InChI=1S/C24H26N4O2/c1-23(2,3)11-16-6-9-19-18(10-16)24(22(30)28-19)12-20(26-14-24)21(29)27-17-7-4-15(13-25)5-8-17/h4-10,20,26H,11-12,14H2,1-3H3,(H,27,29)(H,28,30). The molecule has 0 aromatic heterocycles. The number of hydrogen-bond donors (Lipinski definition) is 3. The smallest absolute Gasteiger partial charge is 0.241 e. The molecule has 2 aromatic rings. The van der Waals surface area contributed by atoms with Gasteiger partial charge in [0.25, 0.3) is 0 Å². The normalized spacial score (nSPS) is 22.5. The van der Waals surface area contributed by atoms with Gasteiger partial charge in [0, 0.05) is 17.9 Å². The second-order valence-corrected chi connectivity index (χ2v) is 9.47. The molecule has 0 radical (unpaired) electrons. The zero-order chi connectivity index (χ0) is 21.5. The fraction of sp³-hybridized carbons (Fsp3) is 0.375. The van der Waals surface area contributed by atoms with Crippen LogP contribution in [0.2, 0.25) is 0 Å². The van der Waals surface area contributed by atoms with Crippen molar-refractivity contribution in [1.29, 1.82) is 5.26 Å². The molecule has 3 N–H and O–H groups in total. The van der Waals surface area contributed by atoms with E-state index in [2.05, 4.69) is 54.9 Å². The quantitative estimate of drug-likeness (QED) is 0.734. The van der Waals surface area contributed by atoms with Gasteiger partial charge in [0.1, 0.15) is 0 Å². The Kier molecular flexibility index (Phi) is 4.87. The van der Waals surface area contributed by atoms with Gasteiger partial charge in [-0.3, -0.25) is 9.59 Å². The van der Waals surface area contributed by atoms with Gasteiger partial charge < -0.3 is 16.0 Å². The van der Waals surface area contributed by atoms with Crippen LogP contribution in [0, 0.1) is 16.7 Å². The Bertz CT molecular complexity index is 1050. The number of hydrogen-bond acceptors (Lipinski definition) is 4. The van der Waals surface area contributed by atoms with Crippen molar-refractivity contribution < 1.29 is 9.59 Å². The van der Waals surface area contributed by atoms with Crippen LogP contribution in [-0.2, 0) is 21.4 Å². The summed E-state index contributed by atoms with van der Waals surface area (Å²) in [5.74, 6) is -0.227. The molecular weight excluding hydrogens is 376 g/mol. The van der Waals surface area contributed by atoms with E-state index < -0.39 is 11.5 Å². The minimum Gasteiger partial charge on any atom is -0.325 e. The fourth-order valence-electron chi connectivity index (χ4n) is 4.39. The molecule has 2 amide bonds. The molecule has 1 fully saturated rings. The summed E-state index contributed by atoms with van der Waals surface area (Å²) in [5, 5.41) is 18.0. The highest BCUT2D eigenvalue weighted by Gasteiger charge is 2.53. The minimum atomic E-state index is -0.726. The zero-order valence-electron chi connectivity index (χ0n) is 17.5. The lowest BCUT2D eigenvalue weighted by molar-refractivity contribution is -0.120. The first kappa shape index (κ1) is 20.1. The van der Waals surface area contributed by atoms with Crippen LogP contribution < -0.4 is 16.0 Å². The first-order valence-electron chi connectivity index (χ1n) is 10.2. The van der Waals surface area contributed by atoms with Crippen LogP contribution in [0.1, 0.15) is 43.9 Å². The van der Waals surface area contributed by atoms with Crippen LogP contribution in [0.15, 0.2) is 42.5 Å². The maximum atomic E-state index is 12.9. The van der Waals surface area contributed by atoms with Gasteiger partial charge in [-0.2, -0.15) is 5.26 Å². The number of nitriles is 1. The van der Waals surface area contributed by atoms with Crippen LogP contribution >= 0.6 is 0 Å². The van der Waals surface area contributed by atoms with Crippen LogP contribution in [-0.4, -0.2) is 24.4 Å². The van der Waals surface area contributed by atoms with Gasteiger partial charge in [0.15, 0.2) is 0 Å². The van der Waals surface area contributed by atoms with Crippen molar-refractivity contribution >= 4 is 23.2 Å². The van der Waals surface area contributed by atoms with Gasteiger partial charge in [-0.15, -0.1) is 0 Å². The van der Waals surface area contributed by atoms with E-state index in [1.54, 1.807) is 24.3 Å². The molecule has 2 heterocycles. The third-order valence-corrected chi connectivity index (χ3v) is 5.82. The summed E-state index contributed by atoms with van der Waals surface area (Å²) in [7, 11) is 0. The molecule has 0 aliphatic carbocycles. The SMILES string of the molecule is CC(C)(C)Cc1ccc2c(c1)C1(CNC(C(=O)Nc3ccc(C#N)cc3)C1)C(=O)N2. The molecule has 2 aromatic carbocycles. The topological polar surface area (TPSA) is 94.0 Å². The number of carbonyl (C=O) groups excluding carboxylic acids is 2. The fourth-order valence-corrected chi connectivity index (χ4v) is 4.39.